The fourth-order valence-electron chi connectivity index (χ4n) is 4.83. The standard InChI is InChI=1S/C21H24F3N7O4S2/c22-10-21(11-35-12-21)28-37(32,33)14-5-15(30-2-1-29-3-4-34-9-13(29)7-30)18-25-6-16(31(18)8-14)19-26-27-20(36-19)17(23)24/h5-6,8,13,17,28H,1-4,7,9-12H2/t13-/m1/s1. The highest BCUT2D eigenvalue weighted by Crippen LogP contribution is 2.34. The highest BCUT2D eigenvalue weighted by atomic mass is 32.2. The first-order chi connectivity index (χ1) is 17.8. The molecule has 0 aromatic carbocycles. The Morgan fingerprint density at radius 2 is 2.05 bits per heavy atom. The van der Waals surface area contributed by atoms with Gasteiger partial charge in [0.25, 0.3) is 6.43 Å². The number of hydrogen-bond donors (Lipinski definition) is 1. The topological polar surface area (TPSA) is 114 Å². The summed E-state index contributed by atoms with van der Waals surface area (Å²) in [4.78, 5) is 8.77. The minimum Gasteiger partial charge on any atom is -0.378 e. The van der Waals surface area contributed by atoms with E-state index in [0.29, 0.717) is 54.7 Å². The lowest BCUT2D eigenvalue weighted by Gasteiger charge is -2.44. The number of hydrogen-bond acceptors (Lipinski definition) is 10. The van der Waals surface area contributed by atoms with Gasteiger partial charge in [-0.15, -0.1) is 10.2 Å². The number of nitrogens with one attached hydrogen (secondary N) is 1. The van der Waals surface area contributed by atoms with Crippen LogP contribution >= 0.6 is 11.3 Å². The Labute approximate surface area is 214 Å². The zero-order valence-electron chi connectivity index (χ0n) is 19.5. The van der Waals surface area contributed by atoms with E-state index in [9.17, 15) is 21.6 Å². The molecule has 0 unspecified atom stereocenters. The van der Waals surface area contributed by atoms with Crippen molar-refractivity contribution in [2.24, 2.45) is 0 Å². The Bertz CT molecular complexity index is 1410. The number of fused-ring (bicyclic) bond motifs is 2. The van der Waals surface area contributed by atoms with E-state index in [2.05, 4.69) is 24.8 Å². The number of ether oxygens (including phenoxy) is 2. The highest BCUT2D eigenvalue weighted by molar-refractivity contribution is 7.89. The molecule has 1 N–H and O–H groups in total. The predicted molar refractivity (Wildman–Crippen MR) is 127 cm³/mol. The van der Waals surface area contributed by atoms with Crippen LogP contribution in [0.3, 0.4) is 0 Å². The summed E-state index contributed by atoms with van der Waals surface area (Å²) in [5, 5.41) is 7.15. The molecule has 0 radical (unpaired) electrons. The molecule has 0 amide bonds. The molecule has 3 aromatic rings. The zero-order chi connectivity index (χ0) is 25.8. The summed E-state index contributed by atoms with van der Waals surface area (Å²) in [5.74, 6) is 0. The predicted octanol–water partition coefficient (Wildman–Crippen LogP) is 1.33. The summed E-state index contributed by atoms with van der Waals surface area (Å²) in [5.41, 5.74) is 0.00376. The minimum atomic E-state index is -4.18. The fourth-order valence-corrected chi connectivity index (χ4v) is 6.91. The van der Waals surface area contributed by atoms with E-state index in [1.54, 1.807) is 0 Å². The van der Waals surface area contributed by atoms with E-state index in [4.69, 9.17) is 9.47 Å². The van der Waals surface area contributed by atoms with Gasteiger partial charge in [-0.3, -0.25) is 9.30 Å². The molecule has 1 atom stereocenters. The van der Waals surface area contributed by atoms with Crippen LogP contribution in [-0.4, -0.2) is 104 Å². The number of halogens is 3. The van der Waals surface area contributed by atoms with E-state index in [-0.39, 0.29) is 29.2 Å². The normalized spacial score (nSPS) is 22.4. The molecule has 0 saturated carbocycles. The number of anilines is 1. The number of piperazine rings is 1. The molecule has 200 valence electrons. The molecule has 3 aliphatic rings. The smallest absolute Gasteiger partial charge is 0.291 e. The average molecular weight is 560 g/mol. The Hall–Kier alpha value is -2.37. The van der Waals surface area contributed by atoms with E-state index in [1.807, 2.05) is 4.90 Å². The number of pyridine rings is 1. The van der Waals surface area contributed by atoms with Crippen molar-refractivity contribution < 1.29 is 31.1 Å². The fraction of sp³-hybridized carbons (Fsp3) is 0.571. The summed E-state index contributed by atoms with van der Waals surface area (Å²) in [7, 11) is -4.18. The molecule has 0 aliphatic carbocycles. The second kappa shape index (κ2) is 9.43. The number of aromatic nitrogens is 4. The Balaban J connectivity index is 1.45. The molecule has 11 nitrogen and oxygen atoms in total. The van der Waals surface area contributed by atoms with Gasteiger partial charge in [-0.25, -0.2) is 26.6 Å². The quantitative estimate of drug-likeness (QED) is 0.458. The first-order valence-corrected chi connectivity index (χ1v) is 14.0. The summed E-state index contributed by atoms with van der Waals surface area (Å²) in [6.45, 7) is 2.99. The maximum absolute atomic E-state index is 13.7. The van der Waals surface area contributed by atoms with Crippen molar-refractivity contribution in [1.82, 2.24) is 29.2 Å². The second-order valence-electron chi connectivity index (χ2n) is 9.37. The van der Waals surface area contributed by atoms with Gasteiger partial charge in [0.2, 0.25) is 10.0 Å². The lowest BCUT2D eigenvalue weighted by Crippen LogP contribution is -2.63. The minimum absolute atomic E-state index is 0.0705. The third-order valence-electron chi connectivity index (χ3n) is 6.86. The molecule has 3 fully saturated rings. The summed E-state index contributed by atoms with van der Waals surface area (Å²) >= 11 is 0.709. The van der Waals surface area contributed by atoms with Crippen LogP contribution in [0.1, 0.15) is 11.4 Å². The SMILES string of the molecule is O=S(=O)(NC1(CF)COC1)c1cc(N2CCN3CCOC[C@H]3C2)c2ncc(-c3nnc(C(F)F)s3)n2c1. The summed E-state index contributed by atoms with van der Waals surface area (Å²) < 4.78 is 81.6. The van der Waals surface area contributed by atoms with Crippen LogP contribution < -0.4 is 9.62 Å². The molecule has 3 saturated heterocycles. The molecule has 16 heteroatoms. The summed E-state index contributed by atoms with van der Waals surface area (Å²) in [6, 6.07) is 1.65. The number of nitrogens with zero attached hydrogens (tertiary/aromatic N) is 6. The number of morpholine rings is 1. The molecule has 6 heterocycles. The number of rotatable bonds is 7. The number of alkyl halides is 3. The van der Waals surface area contributed by atoms with E-state index < -0.39 is 33.7 Å². The lowest BCUT2D eigenvalue weighted by atomic mass is 10.0. The van der Waals surface area contributed by atoms with Gasteiger partial charge in [-0.2, -0.15) is 4.72 Å². The van der Waals surface area contributed by atoms with Crippen LogP contribution in [-0.2, 0) is 19.5 Å². The number of imidazole rings is 1. The third kappa shape index (κ3) is 4.48. The molecule has 0 bridgehead atoms. The van der Waals surface area contributed by atoms with Crippen LogP contribution in [0.25, 0.3) is 16.3 Å². The number of sulfonamides is 1. The largest absolute Gasteiger partial charge is 0.378 e. The van der Waals surface area contributed by atoms with Crippen molar-refractivity contribution in [1.29, 1.82) is 0 Å². The Kier molecular flexibility index (Phi) is 6.35. The molecule has 3 aliphatic heterocycles. The molecule has 0 spiro atoms. The maximum Gasteiger partial charge on any atom is 0.291 e. The molecule has 37 heavy (non-hydrogen) atoms. The van der Waals surface area contributed by atoms with Crippen LogP contribution in [0.5, 0.6) is 0 Å². The third-order valence-corrected chi connectivity index (χ3v) is 9.36. The van der Waals surface area contributed by atoms with Crippen LogP contribution in [0.2, 0.25) is 0 Å². The van der Waals surface area contributed by atoms with Crippen molar-refractivity contribution in [2.45, 2.75) is 22.9 Å². The van der Waals surface area contributed by atoms with Crippen LogP contribution in [0.4, 0.5) is 18.9 Å². The first kappa shape index (κ1) is 24.9. The van der Waals surface area contributed by atoms with Gasteiger partial charge in [0.15, 0.2) is 15.7 Å². The highest BCUT2D eigenvalue weighted by Gasteiger charge is 2.43. The molecular weight excluding hydrogens is 535 g/mol. The van der Waals surface area contributed by atoms with Crippen molar-refractivity contribution in [3.8, 4) is 10.7 Å². The van der Waals surface area contributed by atoms with Gasteiger partial charge < -0.3 is 14.4 Å². The Morgan fingerprint density at radius 1 is 1.22 bits per heavy atom. The van der Waals surface area contributed by atoms with Crippen molar-refractivity contribution in [3.63, 3.8) is 0 Å². The summed E-state index contributed by atoms with van der Waals surface area (Å²) in [6.07, 6.45) is 0.0243. The lowest BCUT2D eigenvalue weighted by molar-refractivity contribution is -0.0725. The van der Waals surface area contributed by atoms with Gasteiger partial charge in [-0.1, -0.05) is 11.3 Å². The van der Waals surface area contributed by atoms with Gasteiger partial charge in [0.05, 0.1) is 44.4 Å². The Morgan fingerprint density at radius 3 is 2.76 bits per heavy atom. The van der Waals surface area contributed by atoms with Crippen molar-refractivity contribution in [3.05, 3.63) is 23.5 Å². The van der Waals surface area contributed by atoms with Gasteiger partial charge >= 0.3 is 0 Å². The first-order valence-electron chi connectivity index (χ1n) is 11.7. The van der Waals surface area contributed by atoms with E-state index in [0.717, 1.165) is 13.1 Å². The van der Waals surface area contributed by atoms with E-state index in [1.165, 1.54) is 22.9 Å². The van der Waals surface area contributed by atoms with Crippen molar-refractivity contribution in [2.75, 3.05) is 64.2 Å². The van der Waals surface area contributed by atoms with Crippen molar-refractivity contribution >= 4 is 32.7 Å². The van der Waals surface area contributed by atoms with Gasteiger partial charge in [-0.05, 0) is 6.07 Å². The molecular formula is C21H24F3N7O4S2. The maximum atomic E-state index is 13.7. The molecule has 6 rings (SSSR count). The van der Waals surface area contributed by atoms with Crippen LogP contribution in [0, 0.1) is 0 Å². The molecule has 3 aromatic heterocycles. The zero-order valence-corrected chi connectivity index (χ0v) is 21.2. The average Bonchev–Trinajstić information content (AvgIpc) is 3.53. The monoisotopic (exact) mass is 559 g/mol. The van der Waals surface area contributed by atoms with Crippen LogP contribution in [0.15, 0.2) is 23.4 Å². The van der Waals surface area contributed by atoms with Gasteiger partial charge in [0.1, 0.15) is 22.8 Å². The second-order valence-corrected chi connectivity index (χ2v) is 12.1. The van der Waals surface area contributed by atoms with Gasteiger partial charge in [0, 0.05) is 32.4 Å². The van der Waals surface area contributed by atoms with E-state index >= 15 is 0 Å².